The molecule has 0 spiro atoms. The second kappa shape index (κ2) is 10.0. The van der Waals surface area contributed by atoms with E-state index in [9.17, 15) is 9.59 Å². The molecule has 6 nitrogen and oxygen atoms in total. The minimum absolute atomic E-state index is 0.190. The van der Waals surface area contributed by atoms with Crippen LogP contribution in [0.5, 0.6) is 0 Å². The summed E-state index contributed by atoms with van der Waals surface area (Å²) in [6.07, 6.45) is 0. The molecule has 7 heteroatoms. The molecule has 2 N–H and O–H groups in total. The SMILES string of the molecule is Cc1ccc(CNC(=O)c2ccccc2NC(=O)CSc2cc(C)nc(C)n2)cc1. The van der Waals surface area contributed by atoms with Crippen molar-refractivity contribution in [2.75, 3.05) is 11.1 Å². The Labute approximate surface area is 180 Å². The lowest BCUT2D eigenvalue weighted by molar-refractivity contribution is -0.113. The quantitative estimate of drug-likeness (QED) is 0.445. The molecule has 0 radical (unpaired) electrons. The van der Waals surface area contributed by atoms with Crippen molar-refractivity contribution in [1.82, 2.24) is 15.3 Å². The Morgan fingerprint density at radius 2 is 1.70 bits per heavy atom. The average Bonchev–Trinajstić information content (AvgIpc) is 2.71. The Balaban J connectivity index is 1.60. The van der Waals surface area contributed by atoms with Gasteiger partial charge in [0.25, 0.3) is 5.91 Å². The molecule has 0 aliphatic rings. The van der Waals surface area contributed by atoms with Crippen molar-refractivity contribution >= 4 is 29.3 Å². The minimum atomic E-state index is -0.235. The zero-order valence-electron chi connectivity index (χ0n) is 17.2. The van der Waals surface area contributed by atoms with E-state index in [1.54, 1.807) is 24.3 Å². The lowest BCUT2D eigenvalue weighted by atomic mass is 10.1. The molecule has 154 valence electrons. The maximum atomic E-state index is 12.7. The van der Waals surface area contributed by atoms with Crippen LogP contribution < -0.4 is 10.6 Å². The Kier molecular flexibility index (Phi) is 7.19. The normalized spacial score (nSPS) is 10.5. The van der Waals surface area contributed by atoms with E-state index < -0.39 is 0 Å². The van der Waals surface area contributed by atoms with Crippen molar-refractivity contribution in [2.24, 2.45) is 0 Å². The number of hydrogen-bond acceptors (Lipinski definition) is 5. The van der Waals surface area contributed by atoms with Gasteiger partial charge in [0, 0.05) is 12.2 Å². The summed E-state index contributed by atoms with van der Waals surface area (Å²) in [6, 6.07) is 16.8. The predicted octanol–water partition coefficient (Wildman–Crippen LogP) is 4.06. The van der Waals surface area contributed by atoms with Crippen LogP contribution in [-0.2, 0) is 11.3 Å². The van der Waals surface area contributed by atoms with Gasteiger partial charge in [0.05, 0.1) is 17.0 Å². The molecule has 0 bridgehead atoms. The van der Waals surface area contributed by atoms with Gasteiger partial charge >= 0.3 is 0 Å². The van der Waals surface area contributed by atoms with E-state index in [1.807, 2.05) is 51.1 Å². The molecule has 0 unspecified atom stereocenters. The number of nitrogens with zero attached hydrogens (tertiary/aromatic N) is 2. The molecule has 2 amide bonds. The van der Waals surface area contributed by atoms with Crippen molar-refractivity contribution in [1.29, 1.82) is 0 Å². The van der Waals surface area contributed by atoms with E-state index >= 15 is 0 Å². The Morgan fingerprint density at radius 1 is 0.967 bits per heavy atom. The first-order valence-electron chi connectivity index (χ1n) is 9.58. The van der Waals surface area contributed by atoms with E-state index in [2.05, 4.69) is 20.6 Å². The lowest BCUT2D eigenvalue weighted by Gasteiger charge is -2.12. The Hall–Kier alpha value is -3.19. The summed E-state index contributed by atoms with van der Waals surface area (Å²) < 4.78 is 0. The molecule has 0 fully saturated rings. The largest absolute Gasteiger partial charge is 0.348 e. The van der Waals surface area contributed by atoms with Crippen LogP contribution in [0.15, 0.2) is 59.6 Å². The number of hydrogen-bond donors (Lipinski definition) is 2. The van der Waals surface area contributed by atoms with Crippen molar-refractivity contribution in [3.63, 3.8) is 0 Å². The fourth-order valence-electron chi connectivity index (χ4n) is 2.86. The van der Waals surface area contributed by atoms with Gasteiger partial charge in [-0.05, 0) is 44.5 Å². The van der Waals surface area contributed by atoms with E-state index in [-0.39, 0.29) is 17.6 Å². The first kappa shape index (κ1) is 21.5. The monoisotopic (exact) mass is 420 g/mol. The van der Waals surface area contributed by atoms with Gasteiger partial charge in [-0.2, -0.15) is 0 Å². The molecule has 0 aliphatic carbocycles. The molecule has 30 heavy (non-hydrogen) atoms. The third-order valence-corrected chi connectivity index (χ3v) is 5.22. The van der Waals surface area contributed by atoms with Crippen LogP contribution >= 0.6 is 11.8 Å². The summed E-state index contributed by atoms with van der Waals surface area (Å²) >= 11 is 1.34. The van der Waals surface area contributed by atoms with Crippen LogP contribution in [0.25, 0.3) is 0 Å². The van der Waals surface area contributed by atoms with Crippen LogP contribution in [0.2, 0.25) is 0 Å². The summed E-state index contributed by atoms with van der Waals surface area (Å²) in [7, 11) is 0. The predicted molar refractivity (Wildman–Crippen MR) is 120 cm³/mol. The van der Waals surface area contributed by atoms with Crippen LogP contribution in [0.1, 0.15) is 33.0 Å². The fraction of sp³-hybridized carbons (Fsp3) is 0.217. The zero-order valence-corrected chi connectivity index (χ0v) is 18.0. The average molecular weight is 421 g/mol. The number of thioether (sulfide) groups is 1. The molecule has 1 aromatic heterocycles. The van der Waals surface area contributed by atoms with E-state index in [4.69, 9.17) is 0 Å². The standard InChI is InChI=1S/C23H24N4O2S/c1-15-8-10-18(11-9-15)13-24-23(29)19-6-4-5-7-20(19)27-21(28)14-30-22-12-16(2)25-17(3)26-22/h4-12H,13-14H2,1-3H3,(H,24,29)(H,27,28). The highest BCUT2D eigenvalue weighted by Gasteiger charge is 2.13. The van der Waals surface area contributed by atoms with Crippen LogP contribution in [0.4, 0.5) is 5.69 Å². The molecule has 0 saturated carbocycles. The minimum Gasteiger partial charge on any atom is -0.348 e. The molecular formula is C23H24N4O2S. The van der Waals surface area contributed by atoms with Gasteiger partial charge in [0.2, 0.25) is 5.91 Å². The summed E-state index contributed by atoms with van der Waals surface area (Å²) in [5, 5.41) is 6.49. The second-order valence-corrected chi connectivity index (χ2v) is 7.94. The van der Waals surface area contributed by atoms with Gasteiger partial charge in [0.15, 0.2) is 0 Å². The lowest BCUT2D eigenvalue weighted by Crippen LogP contribution is -2.25. The maximum absolute atomic E-state index is 12.7. The third-order valence-electron chi connectivity index (χ3n) is 4.31. The molecule has 3 aromatic rings. The van der Waals surface area contributed by atoms with Gasteiger partial charge in [-0.3, -0.25) is 9.59 Å². The number of amides is 2. The smallest absolute Gasteiger partial charge is 0.253 e. The van der Waals surface area contributed by atoms with Crippen molar-refractivity contribution in [3.05, 3.63) is 82.8 Å². The van der Waals surface area contributed by atoms with Gasteiger partial charge in [-0.1, -0.05) is 53.7 Å². The summed E-state index contributed by atoms with van der Waals surface area (Å²) in [4.78, 5) is 33.7. The molecule has 1 heterocycles. The number of rotatable bonds is 7. The molecule has 2 aromatic carbocycles. The number of anilines is 1. The number of carbonyl (C=O) groups excluding carboxylic acids is 2. The van der Waals surface area contributed by atoms with Gasteiger partial charge in [-0.25, -0.2) is 9.97 Å². The van der Waals surface area contributed by atoms with E-state index in [0.29, 0.717) is 23.6 Å². The van der Waals surface area contributed by atoms with Crippen molar-refractivity contribution in [3.8, 4) is 0 Å². The second-order valence-electron chi connectivity index (χ2n) is 6.95. The van der Waals surface area contributed by atoms with E-state index in [1.165, 1.54) is 17.3 Å². The number of benzene rings is 2. The molecule has 3 rings (SSSR count). The topological polar surface area (TPSA) is 84.0 Å². The number of aromatic nitrogens is 2. The molecule has 0 saturated heterocycles. The number of carbonyl (C=O) groups is 2. The Bertz CT molecular complexity index is 1030. The Morgan fingerprint density at radius 3 is 2.43 bits per heavy atom. The molecular weight excluding hydrogens is 396 g/mol. The highest BCUT2D eigenvalue weighted by atomic mass is 32.2. The summed E-state index contributed by atoms with van der Waals surface area (Å²) in [5.41, 5.74) is 3.96. The van der Waals surface area contributed by atoms with Crippen LogP contribution in [0, 0.1) is 20.8 Å². The molecule has 0 aliphatic heterocycles. The zero-order chi connectivity index (χ0) is 21.5. The first-order valence-corrected chi connectivity index (χ1v) is 10.6. The van der Waals surface area contributed by atoms with Crippen LogP contribution in [-0.4, -0.2) is 27.5 Å². The number of nitrogens with one attached hydrogen (secondary N) is 2. The first-order chi connectivity index (χ1) is 14.4. The summed E-state index contributed by atoms with van der Waals surface area (Å²) in [5.74, 6) is 0.428. The highest BCUT2D eigenvalue weighted by molar-refractivity contribution is 7.99. The van der Waals surface area contributed by atoms with E-state index in [0.717, 1.165) is 16.3 Å². The number of para-hydroxylation sites is 1. The van der Waals surface area contributed by atoms with Gasteiger partial charge < -0.3 is 10.6 Å². The van der Waals surface area contributed by atoms with Crippen molar-refractivity contribution in [2.45, 2.75) is 32.3 Å². The fourth-order valence-corrected chi connectivity index (χ4v) is 3.66. The van der Waals surface area contributed by atoms with Crippen molar-refractivity contribution < 1.29 is 9.59 Å². The highest BCUT2D eigenvalue weighted by Crippen LogP contribution is 2.19. The van der Waals surface area contributed by atoms with Gasteiger partial charge in [-0.15, -0.1) is 0 Å². The maximum Gasteiger partial charge on any atom is 0.253 e. The number of aryl methyl sites for hydroxylation is 3. The summed E-state index contributed by atoms with van der Waals surface area (Å²) in [6.45, 7) is 6.16. The molecule has 0 atom stereocenters. The third kappa shape index (κ3) is 6.15. The van der Waals surface area contributed by atoms with Gasteiger partial charge in [0.1, 0.15) is 10.9 Å². The van der Waals surface area contributed by atoms with Crippen LogP contribution in [0.3, 0.4) is 0 Å².